The molecule has 0 bridgehead atoms. The van der Waals surface area contributed by atoms with E-state index in [1.807, 2.05) is 26.8 Å². The molecule has 5 heteroatoms. The van der Waals surface area contributed by atoms with E-state index in [4.69, 9.17) is 4.74 Å². The second-order valence-corrected chi connectivity index (χ2v) is 6.37. The summed E-state index contributed by atoms with van der Waals surface area (Å²) in [6, 6.07) is 6.79. The molecule has 2 rings (SSSR count). The molecule has 1 aromatic carbocycles. The topological polar surface area (TPSA) is 41.6 Å². The standard InChI is InChI=1S/C16H23FN2O2/c1-16(2,3)21-15(20)19-9-8-18-13(11-19)10-12-6-4-5-7-14(12)17/h4-7,13,18H,8-11H2,1-3H3/t13-/m1/s1. The van der Waals surface area contributed by atoms with Gasteiger partial charge in [0, 0.05) is 25.7 Å². The first-order valence-corrected chi connectivity index (χ1v) is 7.30. The number of carbonyl (C=O) groups is 1. The van der Waals surface area contributed by atoms with Gasteiger partial charge in [0.1, 0.15) is 11.4 Å². The molecule has 1 saturated heterocycles. The molecular weight excluding hydrogens is 271 g/mol. The van der Waals surface area contributed by atoms with E-state index in [1.54, 1.807) is 17.0 Å². The molecule has 1 aliphatic heterocycles. The Morgan fingerprint density at radius 3 is 2.81 bits per heavy atom. The summed E-state index contributed by atoms with van der Waals surface area (Å²) < 4.78 is 19.1. The Balaban J connectivity index is 1.95. The normalized spacial score (nSPS) is 19.4. The van der Waals surface area contributed by atoms with Gasteiger partial charge in [0.05, 0.1) is 0 Å². The minimum Gasteiger partial charge on any atom is -0.444 e. The molecule has 1 N–H and O–H groups in total. The molecule has 1 heterocycles. The maximum absolute atomic E-state index is 13.7. The predicted molar refractivity (Wildman–Crippen MR) is 79.7 cm³/mol. The van der Waals surface area contributed by atoms with Gasteiger partial charge in [0.2, 0.25) is 0 Å². The summed E-state index contributed by atoms with van der Waals surface area (Å²) in [5.74, 6) is -0.200. The van der Waals surface area contributed by atoms with Crippen LogP contribution >= 0.6 is 0 Å². The maximum Gasteiger partial charge on any atom is 0.410 e. The van der Waals surface area contributed by atoms with Gasteiger partial charge in [-0.2, -0.15) is 0 Å². The lowest BCUT2D eigenvalue weighted by atomic mass is 10.0. The van der Waals surface area contributed by atoms with E-state index in [1.165, 1.54) is 6.07 Å². The maximum atomic E-state index is 13.7. The molecule has 4 nitrogen and oxygen atoms in total. The van der Waals surface area contributed by atoms with Crippen molar-refractivity contribution in [1.82, 2.24) is 10.2 Å². The van der Waals surface area contributed by atoms with Gasteiger partial charge in [0.15, 0.2) is 0 Å². The SMILES string of the molecule is CC(C)(C)OC(=O)N1CCN[C@H](Cc2ccccc2F)C1. The van der Waals surface area contributed by atoms with Crippen molar-refractivity contribution in [2.45, 2.75) is 38.8 Å². The quantitative estimate of drug-likeness (QED) is 0.911. The number of rotatable bonds is 2. The van der Waals surface area contributed by atoms with Crippen LogP contribution in [0.5, 0.6) is 0 Å². The van der Waals surface area contributed by atoms with E-state index >= 15 is 0 Å². The number of halogens is 1. The van der Waals surface area contributed by atoms with Gasteiger partial charge in [-0.05, 0) is 38.8 Å². The van der Waals surface area contributed by atoms with Crippen molar-refractivity contribution in [2.24, 2.45) is 0 Å². The third-order valence-electron chi connectivity index (χ3n) is 3.33. The van der Waals surface area contributed by atoms with Crippen molar-refractivity contribution in [2.75, 3.05) is 19.6 Å². The molecule has 116 valence electrons. The molecule has 0 radical (unpaired) electrons. The van der Waals surface area contributed by atoms with Crippen LogP contribution in [0.15, 0.2) is 24.3 Å². The zero-order chi connectivity index (χ0) is 15.5. The van der Waals surface area contributed by atoms with Crippen molar-refractivity contribution >= 4 is 6.09 Å². The fourth-order valence-electron chi connectivity index (χ4n) is 2.38. The van der Waals surface area contributed by atoms with E-state index in [0.717, 1.165) is 0 Å². The van der Waals surface area contributed by atoms with E-state index in [9.17, 15) is 9.18 Å². The number of ether oxygens (including phenoxy) is 1. The minimum absolute atomic E-state index is 0.0446. The van der Waals surface area contributed by atoms with Gasteiger partial charge in [0.25, 0.3) is 0 Å². The van der Waals surface area contributed by atoms with Crippen molar-refractivity contribution in [1.29, 1.82) is 0 Å². The number of nitrogens with zero attached hydrogens (tertiary/aromatic N) is 1. The van der Waals surface area contributed by atoms with Crippen molar-refractivity contribution in [3.05, 3.63) is 35.6 Å². The van der Waals surface area contributed by atoms with E-state index in [0.29, 0.717) is 31.6 Å². The van der Waals surface area contributed by atoms with Crippen molar-refractivity contribution in [3.8, 4) is 0 Å². The van der Waals surface area contributed by atoms with Gasteiger partial charge in [-0.15, -0.1) is 0 Å². The highest BCUT2D eigenvalue weighted by Crippen LogP contribution is 2.14. The second-order valence-electron chi connectivity index (χ2n) is 6.37. The molecule has 1 aromatic rings. The first-order chi connectivity index (χ1) is 9.85. The number of carbonyl (C=O) groups excluding carboxylic acids is 1. The smallest absolute Gasteiger partial charge is 0.410 e. The zero-order valence-corrected chi connectivity index (χ0v) is 12.9. The molecule has 0 aromatic heterocycles. The van der Waals surface area contributed by atoms with Crippen LogP contribution in [-0.4, -0.2) is 42.3 Å². The Bertz CT molecular complexity index is 499. The third-order valence-corrected chi connectivity index (χ3v) is 3.33. The Morgan fingerprint density at radius 1 is 1.43 bits per heavy atom. The van der Waals surface area contributed by atoms with Crippen LogP contribution in [0.3, 0.4) is 0 Å². The van der Waals surface area contributed by atoms with Crippen LogP contribution < -0.4 is 5.32 Å². The average Bonchev–Trinajstić information content (AvgIpc) is 2.40. The molecule has 1 amide bonds. The third kappa shape index (κ3) is 4.70. The van der Waals surface area contributed by atoms with Crippen LogP contribution in [0.4, 0.5) is 9.18 Å². The van der Waals surface area contributed by atoms with Crippen LogP contribution in [-0.2, 0) is 11.2 Å². The van der Waals surface area contributed by atoms with Crippen LogP contribution in [0.1, 0.15) is 26.3 Å². The minimum atomic E-state index is -0.497. The van der Waals surface area contributed by atoms with Crippen molar-refractivity contribution in [3.63, 3.8) is 0 Å². The predicted octanol–water partition coefficient (Wildman–Crippen LogP) is 2.58. The van der Waals surface area contributed by atoms with Gasteiger partial charge in [-0.25, -0.2) is 9.18 Å². The lowest BCUT2D eigenvalue weighted by Crippen LogP contribution is -2.54. The van der Waals surface area contributed by atoms with E-state index in [-0.39, 0.29) is 18.0 Å². The molecule has 0 saturated carbocycles. The van der Waals surface area contributed by atoms with Gasteiger partial charge >= 0.3 is 6.09 Å². The zero-order valence-electron chi connectivity index (χ0n) is 12.9. The molecule has 0 aliphatic carbocycles. The number of piperazine rings is 1. The summed E-state index contributed by atoms with van der Waals surface area (Å²) in [5.41, 5.74) is 0.171. The van der Waals surface area contributed by atoms with E-state index in [2.05, 4.69) is 5.32 Å². The summed E-state index contributed by atoms with van der Waals surface area (Å²) >= 11 is 0. The summed E-state index contributed by atoms with van der Waals surface area (Å²) in [6.07, 6.45) is 0.258. The second kappa shape index (κ2) is 6.43. The molecule has 0 spiro atoms. The largest absolute Gasteiger partial charge is 0.444 e. The molecule has 1 aliphatic rings. The number of benzene rings is 1. The Kier molecular flexibility index (Phi) is 4.83. The Hall–Kier alpha value is -1.62. The van der Waals surface area contributed by atoms with E-state index < -0.39 is 5.60 Å². The molecular formula is C16H23FN2O2. The van der Waals surface area contributed by atoms with Crippen LogP contribution in [0.2, 0.25) is 0 Å². The average molecular weight is 294 g/mol. The summed E-state index contributed by atoms with van der Waals surface area (Å²) in [6.45, 7) is 7.39. The highest BCUT2D eigenvalue weighted by Gasteiger charge is 2.27. The first-order valence-electron chi connectivity index (χ1n) is 7.30. The van der Waals surface area contributed by atoms with Crippen LogP contribution in [0.25, 0.3) is 0 Å². The first kappa shape index (κ1) is 15.8. The highest BCUT2D eigenvalue weighted by molar-refractivity contribution is 5.68. The highest BCUT2D eigenvalue weighted by atomic mass is 19.1. The summed E-state index contributed by atoms with van der Waals surface area (Å²) in [4.78, 5) is 13.8. The van der Waals surface area contributed by atoms with Gasteiger partial charge in [-0.1, -0.05) is 18.2 Å². The summed E-state index contributed by atoms with van der Waals surface area (Å²) in [7, 11) is 0. The molecule has 0 unspecified atom stereocenters. The number of hydrogen-bond donors (Lipinski definition) is 1. The lowest BCUT2D eigenvalue weighted by molar-refractivity contribution is 0.0195. The number of nitrogens with one attached hydrogen (secondary N) is 1. The number of amides is 1. The lowest BCUT2D eigenvalue weighted by Gasteiger charge is -2.35. The van der Waals surface area contributed by atoms with Crippen LogP contribution in [0, 0.1) is 5.82 Å². The molecule has 1 atom stereocenters. The summed E-state index contributed by atoms with van der Waals surface area (Å²) in [5, 5.41) is 3.33. The monoisotopic (exact) mass is 294 g/mol. The van der Waals surface area contributed by atoms with Gasteiger partial charge < -0.3 is 15.0 Å². The Labute approximate surface area is 125 Å². The molecule has 1 fully saturated rings. The van der Waals surface area contributed by atoms with Gasteiger partial charge in [-0.3, -0.25) is 0 Å². The fourth-order valence-corrected chi connectivity index (χ4v) is 2.38. The molecule has 21 heavy (non-hydrogen) atoms. The Morgan fingerprint density at radius 2 is 2.14 bits per heavy atom. The number of hydrogen-bond acceptors (Lipinski definition) is 3. The fraction of sp³-hybridized carbons (Fsp3) is 0.562. The van der Waals surface area contributed by atoms with Crippen molar-refractivity contribution < 1.29 is 13.9 Å².